The van der Waals surface area contributed by atoms with Gasteiger partial charge in [-0.1, -0.05) is 42.5 Å². The highest BCUT2D eigenvalue weighted by Crippen LogP contribution is 2.72. The van der Waals surface area contributed by atoms with Crippen molar-refractivity contribution < 1.29 is 13.2 Å². The average molecular weight is 380 g/mol. The highest BCUT2D eigenvalue weighted by molar-refractivity contribution is 7.93. The maximum Gasteiger partial charge on any atom is 0.264 e. The molecule has 138 valence electrons. The van der Waals surface area contributed by atoms with Crippen molar-refractivity contribution in [2.24, 2.45) is 5.92 Å². The standard InChI is InChI=1S/C21H20N2O3S/c1-2-3-13-22-14-21-18(19(21)20(22)24)16-11-7-8-12-17(16)23(21)27(25,26)15-9-5-4-6-10-15/h2,4-12,18-19H,1,3,13-14H2. The van der Waals surface area contributed by atoms with Crippen molar-refractivity contribution in [1.82, 2.24) is 4.90 Å². The maximum absolute atomic E-state index is 13.6. The van der Waals surface area contributed by atoms with E-state index in [0.717, 1.165) is 5.56 Å². The summed E-state index contributed by atoms with van der Waals surface area (Å²) in [6, 6.07) is 16.1. The number of anilines is 1. The Morgan fingerprint density at radius 2 is 1.78 bits per heavy atom. The Morgan fingerprint density at radius 1 is 1.07 bits per heavy atom. The number of nitrogens with zero attached hydrogens (tertiary/aromatic N) is 2. The third-order valence-electron chi connectivity index (χ3n) is 6.08. The first-order valence-electron chi connectivity index (χ1n) is 9.12. The van der Waals surface area contributed by atoms with Gasteiger partial charge >= 0.3 is 0 Å². The fourth-order valence-corrected chi connectivity index (χ4v) is 6.84. The second kappa shape index (κ2) is 5.45. The van der Waals surface area contributed by atoms with Crippen molar-refractivity contribution >= 4 is 21.6 Å². The number of sulfonamides is 1. The van der Waals surface area contributed by atoms with E-state index in [0.29, 0.717) is 25.2 Å². The summed E-state index contributed by atoms with van der Waals surface area (Å²) >= 11 is 0. The van der Waals surface area contributed by atoms with Crippen LogP contribution in [0.5, 0.6) is 0 Å². The number of carbonyl (C=O) groups excluding carboxylic acids is 1. The number of para-hydroxylation sites is 1. The van der Waals surface area contributed by atoms with Crippen molar-refractivity contribution in [3.05, 3.63) is 72.8 Å². The third kappa shape index (κ3) is 1.99. The molecule has 5 rings (SSSR count). The molecule has 1 saturated carbocycles. The minimum atomic E-state index is -3.76. The summed E-state index contributed by atoms with van der Waals surface area (Å²) in [6.07, 6.45) is 2.49. The van der Waals surface area contributed by atoms with Gasteiger partial charge in [0.05, 0.1) is 22.0 Å². The molecule has 0 N–H and O–H groups in total. The lowest BCUT2D eigenvalue weighted by Gasteiger charge is -2.30. The van der Waals surface area contributed by atoms with E-state index in [1.165, 1.54) is 0 Å². The molecule has 2 aromatic rings. The van der Waals surface area contributed by atoms with Gasteiger partial charge in [0.25, 0.3) is 10.0 Å². The van der Waals surface area contributed by atoms with Crippen molar-refractivity contribution in [3.63, 3.8) is 0 Å². The van der Waals surface area contributed by atoms with Gasteiger partial charge in [-0.2, -0.15) is 0 Å². The first-order chi connectivity index (χ1) is 13.0. The molecule has 2 aromatic carbocycles. The Labute approximate surface area is 159 Å². The van der Waals surface area contributed by atoms with Crippen LogP contribution in [-0.2, 0) is 14.8 Å². The van der Waals surface area contributed by atoms with Gasteiger partial charge in [0.15, 0.2) is 0 Å². The number of likely N-dealkylation sites (tertiary alicyclic amines) is 1. The Hall–Kier alpha value is -2.60. The van der Waals surface area contributed by atoms with Crippen LogP contribution in [0.1, 0.15) is 17.9 Å². The topological polar surface area (TPSA) is 57.7 Å². The Bertz CT molecular complexity index is 1050. The molecule has 2 aliphatic heterocycles. The number of benzene rings is 2. The first kappa shape index (κ1) is 16.6. The van der Waals surface area contributed by atoms with Crippen LogP contribution in [0.15, 0.2) is 72.1 Å². The molecule has 1 saturated heterocycles. The van der Waals surface area contributed by atoms with Gasteiger partial charge in [0.1, 0.15) is 0 Å². The van der Waals surface area contributed by atoms with E-state index in [1.807, 2.05) is 24.3 Å². The van der Waals surface area contributed by atoms with E-state index >= 15 is 0 Å². The second-order valence-corrected chi connectivity index (χ2v) is 9.21. The van der Waals surface area contributed by atoms with Gasteiger partial charge in [0, 0.05) is 19.0 Å². The number of rotatable bonds is 5. The smallest absolute Gasteiger partial charge is 0.264 e. The van der Waals surface area contributed by atoms with Gasteiger partial charge in [0.2, 0.25) is 5.91 Å². The lowest BCUT2D eigenvalue weighted by molar-refractivity contribution is -0.130. The van der Waals surface area contributed by atoms with Gasteiger partial charge in [-0.25, -0.2) is 8.42 Å². The van der Waals surface area contributed by atoms with Crippen LogP contribution in [0, 0.1) is 5.92 Å². The zero-order valence-corrected chi connectivity index (χ0v) is 15.6. The van der Waals surface area contributed by atoms with Crippen LogP contribution < -0.4 is 4.31 Å². The zero-order chi connectivity index (χ0) is 18.8. The van der Waals surface area contributed by atoms with Crippen LogP contribution in [0.25, 0.3) is 0 Å². The summed E-state index contributed by atoms with van der Waals surface area (Å²) in [5.41, 5.74) is 0.996. The van der Waals surface area contributed by atoms with Crippen LogP contribution in [-0.4, -0.2) is 37.9 Å². The van der Waals surface area contributed by atoms with Crippen LogP contribution in [0.2, 0.25) is 0 Å². The van der Waals surface area contributed by atoms with E-state index in [4.69, 9.17) is 0 Å². The molecule has 1 amide bonds. The van der Waals surface area contributed by atoms with Gasteiger partial charge < -0.3 is 4.90 Å². The van der Waals surface area contributed by atoms with Crippen molar-refractivity contribution in [1.29, 1.82) is 0 Å². The number of amides is 1. The van der Waals surface area contributed by atoms with Gasteiger partial charge in [-0.05, 0) is 30.2 Å². The van der Waals surface area contributed by atoms with Crippen molar-refractivity contribution in [3.8, 4) is 0 Å². The normalized spacial score (nSPS) is 27.9. The number of fused-ring (bicyclic) bond motifs is 3. The molecule has 2 fully saturated rings. The number of hydrogen-bond acceptors (Lipinski definition) is 3. The molecule has 1 spiro atoms. The largest absolute Gasteiger partial charge is 0.340 e. The molecule has 2 heterocycles. The lowest BCUT2D eigenvalue weighted by atomic mass is 10.1. The minimum absolute atomic E-state index is 0.0420. The molecule has 6 heteroatoms. The summed E-state index contributed by atoms with van der Waals surface area (Å²) in [5, 5.41) is 0. The molecule has 0 aromatic heterocycles. The van der Waals surface area contributed by atoms with E-state index in [9.17, 15) is 13.2 Å². The maximum atomic E-state index is 13.6. The molecular formula is C21H20N2O3S. The molecule has 1 aliphatic carbocycles. The highest BCUT2D eigenvalue weighted by Gasteiger charge is 2.82. The van der Waals surface area contributed by atoms with E-state index in [1.54, 1.807) is 45.6 Å². The summed E-state index contributed by atoms with van der Waals surface area (Å²) in [4.78, 5) is 15.0. The molecule has 0 radical (unpaired) electrons. The molecule has 3 aliphatic rings. The molecular weight excluding hydrogens is 360 g/mol. The van der Waals surface area contributed by atoms with E-state index in [-0.39, 0.29) is 22.6 Å². The third-order valence-corrected chi connectivity index (χ3v) is 7.96. The Kier molecular flexibility index (Phi) is 3.35. The fraction of sp³-hybridized carbons (Fsp3) is 0.286. The summed E-state index contributed by atoms with van der Waals surface area (Å²) < 4.78 is 28.7. The highest BCUT2D eigenvalue weighted by atomic mass is 32.2. The Balaban J connectivity index is 1.64. The van der Waals surface area contributed by atoms with Gasteiger partial charge in [-0.15, -0.1) is 6.58 Å². The summed E-state index contributed by atoms with van der Waals surface area (Å²) in [7, 11) is -3.76. The molecule has 3 unspecified atom stereocenters. The average Bonchev–Trinajstić information content (AvgIpc) is 3.10. The second-order valence-electron chi connectivity index (χ2n) is 7.43. The van der Waals surface area contributed by atoms with Crippen LogP contribution in [0.4, 0.5) is 5.69 Å². The molecule has 5 nitrogen and oxygen atoms in total. The Morgan fingerprint density at radius 3 is 2.52 bits per heavy atom. The minimum Gasteiger partial charge on any atom is -0.340 e. The molecule has 27 heavy (non-hydrogen) atoms. The zero-order valence-electron chi connectivity index (χ0n) is 14.8. The molecule has 3 atom stereocenters. The number of carbonyl (C=O) groups is 1. The van der Waals surface area contributed by atoms with E-state index in [2.05, 4.69) is 6.58 Å². The number of hydrogen-bond donors (Lipinski definition) is 0. The van der Waals surface area contributed by atoms with Crippen molar-refractivity contribution in [2.75, 3.05) is 17.4 Å². The monoisotopic (exact) mass is 380 g/mol. The van der Waals surface area contributed by atoms with Gasteiger partial charge in [-0.3, -0.25) is 9.10 Å². The summed E-state index contributed by atoms with van der Waals surface area (Å²) in [5.74, 6) is -0.264. The quantitative estimate of drug-likeness (QED) is 0.750. The lowest BCUT2D eigenvalue weighted by Crippen LogP contribution is -2.45. The SMILES string of the molecule is C=CCCN1CC23C(C1=O)C2c1ccccc1N3S(=O)(=O)c1ccccc1. The predicted molar refractivity (Wildman–Crippen MR) is 103 cm³/mol. The fourth-order valence-electron chi connectivity index (χ4n) is 4.97. The van der Waals surface area contributed by atoms with Crippen LogP contribution >= 0.6 is 0 Å². The summed E-state index contributed by atoms with van der Waals surface area (Å²) in [6.45, 7) is 4.75. The predicted octanol–water partition coefficient (Wildman–Crippen LogP) is 2.77. The number of piperidine rings is 1. The van der Waals surface area contributed by atoms with Crippen LogP contribution in [0.3, 0.4) is 0 Å². The first-order valence-corrected chi connectivity index (χ1v) is 10.6. The molecule has 0 bridgehead atoms. The van der Waals surface area contributed by atoms with E-state index < -0.39 is 15.6 Å². The van der Waals surface area contributed by atoms with Crippen molar-refractivity contribution in [2.45, 2.75) is 22.8 Å².